The number of carbonyl (C=O) groups is 3. The van der Waals surface area contributed by atoms with Gasteiger partial charge in [-0.15, -0.1) is 0 Å². The lowest BCUT2D eigenvalue weighted by Gasteiger charge is -2.29. The lowest BCUT2D eigenvalue weighted by Crippen LogP contribution is -3.10. The van der Waals surface area contributed by atoms with E-state index >= 15 is 0 Å². The van der Waals surface area contributed by atoms with Crippen molar-refractivity contribution in [2.75, 3.05) is 39.2 Å². The molecule has 158 valence electrons. The predicted octanol–water partition coefficient (Wildman–Crippen LogP) is 0.0570. The summed E-state index contributed by atoms with van der Waals surface area (Å²) in [6, 6.07) is 6.25. The van der Waals surface area contributed by atoms with Crippen molar-refractivity contribution in [1.82, 2.24) is 10.6 Å². The molecule has 1 aromatic carbocycles. The van der Waals surface area contributed by atoms with Gasteiger partial charge in [0.05, 0.1) is 38.1 Å². The second-order valence-corrected chi connectivity index (χ2v) is 6.76. The zero-order valence-corrected chi connectivity index (χ0v) is 17.3. The second-order valence-electron chi connectivity index (χ2n) is 6.76. The molecule has 2 rings (SSSR count). The molecule has 1 heterocycles. The van der Waals surface area contributed by atoms with Crippen molar-refractivity contribution in [3.8, 4) is 5.75 Å². The van der Waals surface area contributed by atoms with Crippen LogP contribution < -0.4 is 25.6 Å². The van der Waals surface area contributed by atoms with Gasteiger partial charge < -0.3 is 30.3 Å². The number of quaternary nitrogens is 1. The molecule has 0 aromatic heterocycles. The standard InChI is InChI=1S/C20H28N4O5/c1-5-15-18(19(26)29-6-2)16(23-20(27)22-15)11-24(3)12-17(25)21-13-7-9-14(28-4)10-8-13/h7-10,15H,5-6,11-12H2,1-4H3,(H,21,25)(H2,22,23,27)/p+1/t15-/m1/s1. The molecule has 1 aromatic rings. The Kier molecular flexibility index (Phi) is 8.02. The van der Waals surface area contributed by atoms with Crippen LogP contribution in [0.1, 0.15) is 20.3 Å². The second kappa shape index (κ2) is 10.5. The summed E-state index contributed by atoms with van der Waals surface area (Å²) >= 11 is 0. The lowest BCUT2D eigenvalue weighted by molar-refractivity contribution is -0.866. The first-order valence-corrected chi connectivity index (χ1v) is 9.60. The van der Waals surface area contributed by atoms with Gasteiger partial charge in [0.2, 0.25) is 0 Å². The molecule has 29 heavy (non-hydrogen) atoms. The average Bonchev–Trinajstić information content (AvgIpc) is 2.67. The highest BCUT2D eigenvalue weighted by Gasteiger charge is 2.33. The summed E-state index contributed by atoms with van der Waals surface area (Å²) in [5.41, 5.74) is 1.55. The fraction of sp³-hybridized carbons (Fsp3) is 0.450. The van der Waals surface area contributed by atoms with Gasteiger partial charge in [-0.3, -0.25) is 4.79 Å². The molecule has 1 unspecified atom stereocenters. The summed E-state index contributed by atoms with van der Waals surface area (Å²) in [7, 11) is 3.40. The summed E-state index contributed by atoms with van der Waals surface area (Å²) < 4.78 is 10.2. The Balaban J connectivity index is 2.06. The number of likely N-dealkylation sites (N-methyl/N-ethyl adjacent to an activating group) is 1. The van der Waals surface area contributed by atoms with E-state index in [2.05, 4.69) is 16.0 Å². The number of nitrogens with one attached hydrogen (secondary N) is 4. The number of rotatable bonds is 9. The minimum Gasteiger partial charge on any atom is -0.497 e. The van der Waals surface area contributed by atoms with E-state index in [1.54, 1.807) is 38.3 Å². The average molecular weight is 405 g/mol. The lowest BCUT2D eigenvalue weighted by atomic mass is 10.00. The van der Waals surface area contributed by atoms with E-state index in [1.807, 2.05) is 14.0 Å². The van der Waals surface area contributed by atoms with Crippen LogP contribution in [0.3, 0.4) is 0 Å². The van der Waals surface area contributed by atoms with Crippen LogP contribution >= 0.6 is 0 Å². The fourth-order valence-electron chi connectivity index (χ4n) is 3.12. The molecule has 4 N–H and O–H groups in total. The zero-order chi connectivity index (χ0) is 21.4. The molecule has 0 aliphatic carbocycles. The van der Waals surface area contributed by atoms with Gasteiger partial charge in [-0.1, -0.05) is 6.92 Å². The molecule has 9 heteroatoms. The van der Waals surface area contributed by atoms with Crippen molar-refractivity contribution in [2.45, 2.75) is 26.3 Å². The topological polar surface area (TPSA) is 110 Å². The number of carbonyl (C=O) groups excluding carboxylic acids is 3. The number of hydrogen-bond acceptors (Lipinski definition) is 5. The van der Waals surface area contributed by atoms with Crippen molar-refractivity contribution in [3.63, 3.8) is 0 Å². The highest BCUT2D eigenvalue weighted by atomic mass is 16.5. The highest BCUT2D eigenvalue weighted by molar-refractivity contribution is 5.95. The molecule has 0 fully saturated rings. The SMILES string of the molecule is CCOC(=O)C1=C(C[NH+](C)CC(=O)Nc2ccc(OC)cc2)NC(=O)N[C@@H]1CC. The van der Waals surface area contributed by atoms with Gasteiger partial charge in [-0.25, -0.2) is 9.59 Å². The van der Waals surface area contributed by atoms with Gasteiger partial charge in [0.25, 0.3) is 5.91 Å². The Hall–Kier alpha value is -3.07. The molecule has 9 nitrogen and oxygen atoms in total. The summed E-state index contributed by atoms with van der Waals surface area (Å²) in [6.07, 6.45) is 0.558. The smallest absolute Gasteiger partial charge is 0.338 e. The third-order valence-electron chi connectivity index (χ3n) is 4.46. The van der Waals surface area contributed by atoms with Crippen LogP contribution in [-0.4, -0.2) is 57.8 Å². The number of amides is 3. The number of anilines is 1. The molecule has 3 amide bonds. The van der Waals surface area contributed by atoms with Crippen LogP contribution in [0.4, 0.5) is 10.5 Å². The Labute approximate surface area is 170 Å². The maximum absolute atomic E-state index is 12.4. The summed E-state index contributed by atoms with van der Waals surface area (Å²) in [5, 5.41) is 8.25. The van der Waals surface area contributed by atoms with E-state index in [1.165, 1.54) is 0 Å². The largest absolute Gasteiger partial charge is 0.497 e. The first-order valence-electron chi connectivity index (χ1n) is 9.60. The zero-order valence-electron chi connectivity index (χ0n) is 17.3. The number of benzene rings is 1. The van der Waals surface area contributed by atoms with Crippen molar-refractivity contribution >= 4 is 23.6 Å². The van der Waals surface area contributed by atoms with E-state index in [9.17, 15) is 14.4 Å². The van der Waals surface area contributed by atoms with Crippen LogP contribution in [0.2, 0.25) is 0 Å². The maximum atomic E-state index is 12.4. The normalized spacial score (nSPS) is 17.1. The third kappa shape index (κ3) is 6.21. The van der Waals surface area contributed by atoms with Crippen LogP contribution in [0.15, 0.2) is 35.5 Å². The quantitative estimate of drug-likeness (QED) is 0.434. The van der Waals surface area contributed by atoms with Crippen molar-refractivity contribution in [2.24, 2.45) is 0 Å². The molecule has 0 bridgehead atoms. The Morgan fingerprint density at radius 3 is 2.48 bits per heavy atom. The summed E-state index contributed by atoms with van der Waals surface area (Å²) in [6.45, 7) is 4.31. The molecule has 0 saturated carbocycles. The van der Waals surface area contributed by atoms with E-state index in [0.29, 0.717) is 35.7 Å². The molecule has 1 aliphatic heterocycles. The van der Waals surface area contributed by atoms with Crippen molar-refractivity contribution < 1.29 is 28.8 Å². The van der Waals surface area contributed by atoms with Gasteiger partial charge in [0.15, 0.2) is 6.54 Å². The molecule has 2 atom stereocenters. The fourth-order valence-corrected chi connectivity index (χ4v) is 3.12. The van der Waals surface area contributed by atoms with E-state index in [4.69, 9.17) is 9.47 Å². The van der Waals surface area contributed by atoms with E-state index in [-0.39, 0.29) is 25.1 Å². The first-order chi connectivity index (χ1) is 13.9. The molecule has 0 radical (unpaired) electrons. The van der Waals surface area contributed by atoms with Crippen molar-refractivity contribution in [1.29, 1.82) is 0 Å². The van der Waals surface area contributed by atoms with E-state index < -0.39 is 12.0 Å². The monoisotopic (exact) mass is 405 g/mol. The number of esters is 1. The minimum absolute atomic E-state index is 0.158. The summed E-state index contributed by atoms with van der Waals surface area (Å²) in [5.74, 6) is 0.0619. The number of methoxy groups -OCH3 is 1. The van der Waals surface area contributed by atoms with Crippen molar-refractivity contribution in [3.05, 3.63) is 35.5 Å². The molecular formula is C20H29N4O5+. The molecule has 0 spiro atoms. The highest BCUT2D eigenvalue weighted by Crippen LogP contribution is 2.16. The van der Waals surface area contributed by atoms with E-state index in [0.717, 1.165) is 4.90 Å². The minimum atomic E-state index is -0.461. The molecule has 0 saturated heterocycles. The Bertz CT molecular complexity index is 776. The van der Waals surface area contributed by atoms with Gasteiger partial charge in [0, 0.05) is 5.69 Å². The number of ether oxygens (including phenoxy) is 2. The third-order valence-corrected chi connectivity index (χ3v) is 4.46. The van der Waals surface area contributed by atoms with Gasteiger partial charge in [0.1, 0.15) is 12.3 Å². The van der Waals surface area contributed by atoms with Gasteiger partial charge in [-0.05, 0) is 37.6 Å². The molecular weight excluding hydrogens is 376 g/mol. The van der Waals surface area contributed by atoms with Crippen LogP contribution in [0.25, 0.3) is 0 Å². The Morgan fingerprint density at radius 1 is 1.21 bits per heavy atom. The van der Waals surface area contributed by atoms with Gasteiger partial charge in [-0.2, -0.15) is 0 Å². The maximum Gasteiger partial charge on any atom is 0.338 e. The number of urea groups is 1. The summed E-state index contributed by atoms with van der Waals surface area (Å²) in [4.78, 5) is 37.5. The predicted molar refractivity (Wildman–Crippen MR) is 108 cm³/mol. The Morgan fingerprint density at radius 2 is 1.90 bits per heavy atom. The van der Waals surface area contributed by atoms with Crippen LogP contribution in [0.5, 0.6) is 5.75 Å². The molecule has 1 aliphatic rings. The van der Waals surface area contributed by atoms with Crippen LogP contribution in [-0.2, 0) is 14.3 Å². The van der Waals surface area contributed by atoms with Crippen LogP contribution in [0, 0.1) is 0 Å². The number of hydrogen-bond donors (Lipinski definition) is 4. The van der Waals surface area contributed by atoms with Gasteiger partial charge >= 0.3 is 12.0 Å². The first kappa shape index (κ1) is 22.2.